The van der Waals surface area contributed by atoms with Gasteiger partial charge in [-0.3, -0.25) is 4.90 Å². The van der Waals surface area contributed by atoms with Gasteiger partial charge < -0.3 is 5.11 Å². The molecule has 2 nitrogen and oxygen atoms in total. The molecule has 0 amide bonds. The largest absolute Gasteiger partial charge is 0.395 e. The molecule has 0 bridgehead atoms. The van der Waals surface area contributed by atoms with Gasteiger partial charge in [-0.1, -0.05) is 24.9 Å². The highest BCUT2D eigenvalue weighted by atomic mass is 35.5. The molecule has 1 rings (SSSR count). The van der Waals surface area contributed by atoms with Crippen molar-refractivity contribution in [3.05, 3.63) is 34.6 Å². The summed E-state index contributed by atoms with van der Waals surface area (Å²) in [6.45, 7) is 4.12. The van der Waals surface area contributed by atoms with Crippen LogP contribution in [0.5, 0.6) is 0 Å². The van der Waals surface area contributed by atoms with Crippen LogP contribution in [0.25, 0.3) is 0 Å². The van der Waals surface area contributed by atoms with E-state index in [4.69, 9.17) is 16.7 Å². The third-order valence-electron chi connectivity index (χ3n) is 2.65. The molecule has 1 aromatic carbocycles. The monoisotopic (exact) mass is 259 g/mol. The van der Waals surface area contributed by atoms with E-state index in [0.29, 0.717) is 23.7 Å². The van der Waals surface area contributed by atoms with Gasteiger partial charge >= 0.3 is 0 Å². The molecule has 0 aliphatic rings. The highest BCUT2D eigenvalue weighted by molar-refractivity contribution is 6.30. The maximum Gasteiger partial charge on any atom is 0.127 e. The molecule has 17 heavy (non-hydrogen) atoms. The normalized spacial score (nSPS) is 11.1. The van der Waals surface area contributed by atoms with Crippen LogP contribution >= 0.6 is 11.6 Å². The molecule has 0 unspecified atom stereocenters. The standard InChI is InChI=1S/C13H19ClFNO/c1-2-3-6-16(7-8-17)10-11-9-12(14)4-5-13(11)15/h4-5,9,17H,2-3,6-8,10H2,1H3. The number of nitrogens with zero attached hydrogens (tertiary/aromatic N) is 1. The maximum atomic E-state index is 13.5. The van der Waals surface area contributed by atoms with Gasteiger partial charge in [-0.15, -0.1) is 0 Å². The number of hydrogen-bond acceptors (Lipinski definition) is 2. The van der Waals surface area contributed by atoms with E-state index in [2.05, 4.69) is 6.92 Å². The Bertz CT molecular complexity index is 346. The number of aliphatic hydroxyl groups excluding tert-OH is 1. The van der Waals surface area contributed by atoms with E-state index in [-0.39, 0.29) is 12.4 Å². The molecule has 96 valence electrons. The van der Waals surface area contributed by atoms with Gasteiger partial charge in [0, 0.05) is 23.7 Å². The quantitative estimate of drug-likeness (QED) is 0.814. The third kappa shape index (κ3) is 5.02. The van der Waals surface area contributed by atoms with E-state index < -0.39 is 0 Å². The van der Waals surface area contributed by atoms with Crippen molar-refractivity contribution < 1.29 is 9.50 Å². The Kier molecular flexibility index (Phi) is 6.48. The summed E-state index contributed by atoms with van der Waals surface area (Å²) >= 11 is 5.85. The lowest BCUT2D eigenvalue weighted by Crippen LogP contribution is -2.28. The van der Waals surface area contributed by atoms with Gasteiger partial charge in [-0.05, 0) is 31.2 Å². The zero-order chi connectivity index (χ0) is 12.7. The lowest BCUT2D eigenvalue weighted by molar-refractivity contribution is 0.187. The van der Waals surface area contributed by atoms with Gasteiger partial charge in [-0.2, -0.15) is 0 Å². The van der Waals surface area contributed by atoms with Crippen molar-refractivity contribution in [3.63, 3.8) is 0 Å². The number of unbranched alkanes of at least 4 members (excludes halogenated alkanes) is 1. The van der Waals surface area contributed by atoms with Crippen LogP contribution in [0.4, 0.5) is 4.39 Å². The minimum atomic E-state index is -0.242. The second-order valence-electron chi connectivity index (χ2n) is 4.09. The average Bonchev–Trinajstić information content (AvgIpc) is 2.31. The van der Waals surface area contributed by atoms with Gasteiger partial charge in [0.05, 0.1) is 6.61 Å². The second kappa shape index (κ2) is 7.64. The van der Waals surface area contributed by atoms with Crippen molar-refractivity contribution in [2.45, 2.75) is 26.3 Å². The van der Waals surface area contributed by atoms with E-state index in [1.807, 2.05) is 4.90 Å². The van der Waals surface area contributed by atoms with Crippen molar-refractivity contribution in [1.29, 1.82) is 0 Å². The molecule has 1 N–H and O–H groups in total. The zero-order valence-electron chi connectivity index (χ0n) is 10.1. The van der Waals surface area contributed by atoms with Crippen LogP contribution < -0.4 is 0 Å². The van der Waals surface area contributed by atoms with Crippen LogP contribution in [0.15, 0.2) is 18.2 Å². The third-order valence-corrected chi connectivity index (χ3v) is 2.88. The summed E-state index contributed by atoms with van der Waals surface area (Å²) in [5.41, 5.74) is 0.585. The molecule has 0 radical (unpaired) electrons. The maximum absolute atomic E-state index is 13.5. The fourth-order valence-electron chi connectivity index (χ4n) is 1.70. The van der Waals surface area contributed by atoms with Gasteiger partial charge in [0.2, 0.25) is 0 Å². The Morgan fingerprint density at radius 2 is 2.12 bits per heavy atom. The molecule has 4 heteroatoms. The lowest BCUT2D eigenvalue weighted by Gasteiger charge is -2.21. The van der Waals surface area contributed by atoms with Crippen LogP contribution in [0.1, 0.15) is 25.3 Å². The molecule has 0 atom stereocenters. The lowest BCUT2D eigenvalue weighted by atomic mass is 10.2. The number of halogens is 2. The number of aliphatic hydroxyl groups is 1. The molecule has 0 spiro atoms. The van der Waals surface area contributed by atoms with Crippen molar-refractivity contribution in [2.75, 3.05) is 19.7 Å². The van der Waals surface area contributed by atoms with Gasteiger partial charge in [0.25, 0.3) is 0 Å². The molecule has 0 saturated carbocycles. The SMILES string of the molecule is CCCCN(CCO)Cc1cc(Cl)ccc1F. The van der Waals surface area contributed by atoms with Gasteiger partial charge in [-0.25, -0.2) is 4.39 Å². The molecule has 0 saturated heterocycles. The summed E-state index contributed by atoms with van der Waals surface area (Å²) in [6, 6.07) is 4.57. The summed E-state index contributed by atoms with van der Waals surface area (Å²) < 4.78 is 13.5. The molecule has 0 aliphatic carbocycles. The minimum Gasteiger partial charge on any atom is -0.395 e. The van der Waals surface area contributed by atoms with E-state index in [1.165, 1.54) is 6.07 Å². The van der Waals surface area contributed by atoms with Gasteiger partial charge in [0.15, 0.2) is 0 Å². The topological polar surface area (TPSA) is 23.5 Å². The predicted molar refractivity (Wildman–Crippen MR) is 68.7 cm³/mol. The van der Waals surface area contributed by atoms with Crippen molar-refractivity contribution in [2.24, 2.45) is 0 Å². The van der Waals surface area contributed by atoms with Crippen molar-refractivity contribution in [1.82, 2.24) is 4.90 Å². The Morgan fingerprint density at radius 1 is 1.35 bits per heavy atom. The van der Waals surface area contributed by atoms with Crippen LogP contribution in [0, 0.1) is 5.82 Å². The van der Waals surface area contributed by atoms with Crippen molar-refractivity contribution >= 4 is 11.6 Å². The van der Waals surface area contributed by atoms with E-state index in [0.717, 1.165) is 19.4 Å². The first kappa shape index (κ1) is 14.4. The summed E-state index contributed by atoms with van der Waals surface area (Å²) in [5, 5.41) is 9.52. The first-order valence-corrected chi connectivity index (χ1v) is 6.32. The van der Waals surface area contributed by atoms with Gasteiger partial charge in [0.1, 0.15) is 5.82 Å². The van der Waals surface area contributed by atoms with Crippen LogP contribution in [-0.4, -0.2) is 29.7 Å². The van der Waals surface area contributed by atoms with E-state index >= 15 is 0 Å². The highest BCUT2D eigenvalue weighted by Crippen LogP contribution is 2.16. The minimum absolute atomic E-state index is 0.0892. The number of benzene rings is 1. The molecular weight excluding hydrogens is 241 g/mol. The predicted octanol–water partition coefficient (Wildman–Crippen LogP) is 3.07. The summed E-state index contributed by atoms with van der Waals surface area (Å²) in [5.74, 6) is -0.242. The second-order valence-corrected chi connectivity index (χ2v) is 4.53. The average molecular weight is 260 g/mol. The molecule has 0 aromatic heterocycles. The van der Waals surface area contributed by atoms with Crippen molar-refractivity contribution in [3.8, 4) is 0 Å². The Hall–Kier alpha value is -0.640. The van der Waals surface area contributed by atoms with E-state index in [9.17, 15) is 4.39 Å². The Labute approximate surface area is 107 Å². The highest BCUT2D eigenvalue weighted by Gasteiger charge is 2.09. The first-order valence-electron chi connectivity index (χ1n) is 5.94. The smallest absolute Gasteiger partial charge is 0.127 e. The van der Waals surface area contributed by atoms with Crippen LogP contribution in [0.2, 0.25) is 5.02 Å². The molecule has 0 aliphatic heterocycles. The summed E-state index contributed by atoms with van der Waals surface area (Å²) in [4.78, 5) is 2.04. The van der Waals surface area contributed by atoms with Crippen LogP contribution in [-0.2, 0) is 6.54 Å². The fourth-order valence-corrected chi connectivity index (χ4v) is 1.89. The molecule has 0 fully saturated rings. The fraction of sp³-hybridized carbons (Fsp3) is 0.538. The van der Waals surface area contributed by atoms with Crippen LogP contribution in [0.3, 0.4) is 0 Å². The Balaban J connectivity index is 2.67. The number of hydrogen-bond donors (Lipinski definition) is 1. The molecule has 0 heterocycles. The zero-order valence-corrected chi connectivity index (χ0v) is 10.9. The molecular formula is C13H19ClFNO. The first-order chi connectivity index (χ1) is 8.17. The summed E-state index contributed by atoms with van der Waals surface area (Å²) in [7, 11) is 0. The summed E-state index contributed by atoms with van der Waals surface area (Å²) in [6.07, 6.45) is 2.13. The molecule has 1 aromatic rings. The Morgan fingerprint density at radius 3 is 2.76 bits per heavy atom. The van der Waals surface area contributed by atoms with E-state index in [1.54, 1.807) is 12.1 Å². The number of rotatable bonds is 7.